The molecule has 0 aromatic heterocycles. The van der Waals surface area contributed by atoms with Gasteiger partial charge in [0.15, 0.2) is 0 Å². The molecule has 10 nitrogen and oxygen atoms in total. The molecule has 176 valence electrons. The molecule has 1 aliphatic rings. The summed E-state index contributed by atoms with van der Waals surface area (Å²) in [4.78, 5) is 49.0. The molecular weight excluding hydrogens is 420 g/mol. The monoisotopic (exact) mass is 450 g/mol. The van der Waals surface area contributed by atoms with Gasteiger partial charge in [-0.1, -0.05) is 0 Å². The van der Waals surface area contributed by atoms with Crippen molar-refractivity contribution in [3.63, 3.8) is 0 Å². The van der Waals surface area contributed by atoms with Crippen LogP contribution in [0.25, 0.3) is 0 Å². The van der Waals surface area contributed by atoms with E-state index >= 15 is 0 Å². The highest BCUT2D eigenvalue weighted by atomic mass is 16.6. The zero-order valence-corrected chi connectivity index (χ0v) is 18.9. The third kappa shape index (κ3) is 7.82. The Balaban J connectivity index is 2.06. The second-order valence-electron chi connectivity index (χ2n) is 8.74. The number of carbonyl (C=O) groups excluding carboxylic acids is 3. The molecule has 1 atom stereocenters. The summed E-state index contributed by atoms with van der Waals surface area (Å²) in [6.45, 7) is 4.90. The Bertz CT molecular complexity index is 825. The first-order valence-electron chi connectivity index (χ1n) is 10.5. The number of amides is 1. The molecule has 0 N–H and O–H groups in total. The van der Waals surface area contributed by atoms with Crippen LogP contribution in [0, 0.1) is 10.1 Å². The van der Waals surface area contributed by atoms with Gasteiger partial charge in [0.1, 0.15) is 24.4 Å². The quantitative estimate of drug-likeness (QED) is 0.254. The van der Waals surface area contributed by atoms with Crippen LogP contribution in [0.4, 0.5) is 10.5 Å². The van der Waals surface area contributed by atoms with E-state index in [1.165, 1.54) is 31.3 Å². The van der Waals surface area contributed by atoms with E-state index in [9.17, 15) is 24.5 Å². The lowest BCUT2D eigenvalue weighted by Crippen LogP contribution is -2.46. The standard InChI is InChI=1S/C22H30N2O8/c1-22(2,3)32-21(27)23(4)18(13-19(25)31-17-7-5-6-8-17)20(26)30-14-15-9-11-16(12-10-15)24(28)29/h9-12,17-18H,5-8,13-14H2,1-4H3/t18-/m0/s1. The fourth-order valence-electron chi connectivity index (χ4n) is 3.20. The maximum Gasteiger partial charge on any atom is 0.410 e. The number of hydrogen-bond acceptors (Lipinski definition) is 8. The predicted molar refractivity (Wildman–Crippen MR) is 114 cm³/mol. The minimum Gasteiger partial charge on any atom is -0.462 e. The van der Waals surface area contributed by atoms with Crippen molar-refractivity contribution in [2.24, 2.45) is 0 Å². The van der Waals surface area contributed by atoms with E-state index in [1.54, 1.807) is 20.8 Å². The number of ether oxygens (including phenoxy) is 3. The molecule has 0 bridgehead atoms. The van der Waals surface area contributed by atoms with Gasteiger partial charge >= 0.3 is 18.0 Å². The molecule has 32 heavy (non-hydrogen) atoms. The third-order valence-corrected chi connectivity index (χ3v) is 4.91. The fourth-order valence-corrected chi connectivity index (χ4v) is 3.20. The largest absolute Gasteiger partial charge is 0.462 e. The van der Waals surface area contributed by atoms with Gasteiger partial charge in [0.05, 0.1) is 11.3 Å². The Labute approximate surface area is 187 Å². The number of benzene rings is 1. The number of esters is 2. The van der Waals surface area contributed by atoms with Crippen molar-refractivity contribution in [3.05, 3.63) is 39.9 Å². The summed E-state index contributed by atoms with van der Waals surface area (Å²) >= 11 is 0. The van der Waals surface area contributed by atoms with E-state index in [4.69, 9.17) is 14.2 Å². The first-order valence-corrected chi connectivity index (χ1v) is 10.5. The molecule has 0 radical (unpaired) electrons. The predicted octanol–water partition coefficient (Wildman–Crippen LogP) is 3.75. The second kappa shape index (κ2) is 10.9. The molecule has 2 rings (SSSR count). The van der Waals surface area contributed by atoms with Crippen LogP contribution < -0.4 is 0 Å². The van der Waals surface area contributed by atoms with Crippen LogP contribution in [0.1, 0.15) is 58.4 Å². The maximum atomic E-state index is 12.8. The van der Waals surface area contributed by atoms with E-state index in [-0.39, 0.29) is 24.8 Å². The molecule has 0 aliphatic heterocycles. The molecule has 1 fully saturated rings. The zero-order chi connectivity index (χ0) is 23.9. The number of non-ortho nitro benzene ring substituents is 1. The highest BCUT2D eigenvalue weighted by Gasteiger charge is 2.34. The molecule has 1 saturated carbocycles. The first kappa shape index (κ1) is 25.1. The smallest absolute Gasteiger partial charge is 0.410 e. The van der Waals surface area contributed by atoms with Gasteiger partial charge < -0.3 is 14.2 Å². The van der Waals surface area contributed by atoms with Crippen molar-refractivity contribution in [1.82, 2.24) is 4.90 Å². The Kier molecular flexibility index (Phi) is 8.56. The highest BCUT2D eigenvalue weighted by molar-refractivity contribution is 5.86. The van der Waals surface area contributed by atoms with Crippen LogP contribution in [0.5, 0.6) is 0 Å². The molecule has 1 aliphatic carbocycles. The van der Waals surface area contributed by atoms with Crippen molar-refractivity contribution >= 4 is 23.7 Å². The minimum atomic E-state index is -1.24. The summed E-state index contributed by atoms with van der Waals surface area (Å²) in [6.07, 6.45) is 2.21. The number of likely N-dealkylation sites (N-methyl/N-ethyl adjacent to an activating group) is 1. The zero-order valence-electron chi connectivity index (χ0n) is 18.9. The number of nitro groups is 1. The van der Waals surface area contributed by atoms with Gasteiger partial charge in [-0.3, -0.25) is 19.8 Å². The first-order chi connectivity index (χ1) is 15.0. The number of carbonyl (C=O) groups is 3. The van der Waals surface area contributed by atoms with Crippen molar-refractivity contribution in [3.8, 4) is 0 Å². The van der Waals surface area contributed by atoms with Gasteiger partial charge in [0.2, 0.25) is 0 Å². The van der Waals surface area contributed by atoms with Crippen LogP contribution in [0.3, 0.4) is 0 Å². The lowest BCUT2D eigenvalue weighted by molar-refractivity contribution is -0.384. The number of nitro benzene ring substituents is 1. The Morgan fingerprint density at radius 2 is 1.75 bits per heavy atom. The summed E-state index contributed by atoms with van der Waals surface area (Å²) in [6, 6.07) is 4.29. The SMILES string of the molecule is CN(C(=O)OC(C)(C)C)[C@@H](CC(=O)OC1CCCC1)C(=O)OCc1ccc([N+](=O)[O-])cc1. The molecule has 1 aromatic rings. The average Bonchev–Trinajstić information content (AvgIpc) is 3.21. The molecule has 0 unspecified atom stereocenters. The van der Waals surface area contributed by atoms with Gasteiger partial charge in [-0.25, -0.2) is 9.59 Å². The summed E-state index contributed by atoms with van der Waals surface area (Å²) in [5, 5.41) is 10.8. The van der Waals surface area contributed by atoms with E-state index in [2.05, 4.69) is 0 Å². The summed E-state index contributed by atoms with van der Waals surface area (Å²) in [5.74, 6) is -1.40. The van der Waals surface area contributed by atoms with Crippen molar-refractivity contribution in [2.45, 2.75) is 77.2 Å². The van der Waals surface area contributed by atoms with Gasteiger partial charge in [-0.15, -0.1) is 0 Å². The van der Waals surface area contributed by atoms with Gasteiger partial charge in [0.25, 0.3) is 5.69 Å². The molecule has 0 heterocycles. The third-order valence-electron chi connectivity index (χ3n) is 4.91. The van der Waals surface area contributed by atoms with Gasteiger partial charge in [-0.05, 0) is 64.2 Å². The van der Waals surface area contributed by atoms with Crippen LogP contribution in [0.2, 0.25) is 0 Å². The van der Waals surface area contributed by atoms with Crippen LogP contribution >= 0.6 is 0 Å². The van der Waals surface area contributed by atoms with E-state index in [0.29, 0.717) is 5.56 Å². The van der Waals surface area contributed by atoms with Gasteiger partial charge in [-0.2, -0.15) is 0 Å². The van der Waals surface area contributed by atoms with Crippen LogP contribution in [-0.2, 0) is 30.4 Å². The Morgan fingerprint density at radius 3 is 2.28 bits per heavy atom. The topological polar surface area (TPSA) is 125 Å². The fraction of sp³-hybridized carbons (Fsp3) is 0.591. The number of nitrogens with zero attached hydrogens (tertiary/aromatic N) is 2. The maximum absolute atomic E-state index is 12.8. The van der Waals surface area contributed by atoms with Crippen molar-refractivity contribution < 1.29 is 33.5 Å². The molecule has 10 heteroatoms. The average molecular weight is 450 g/mol. The number of hydrogen-bond donors (Lipinski definition) is 0. The lowest BCUT2D eigenvalue weighted by Gasteiger charge is -2.29. The van der Waals surface area contributed by atoms with Gasteiger partial charge in [0, 0.05) is 19.2 Å². The van der Waals surface area contributed by atoms with Crippen LogP contribution in [-0.4, -0.2) is 52.6 Å². The molecule has 0 spiro atoms. The molecule has 1 amide bonds. The van der Waals surface area contributed by atoms with Crippen LogP contribution in [0.15, 0.2) is 24.3 Å². The lowest BCUT2D eigenvalue weighted by atomic mass is 10.1. The molecule has 1 aromatic carbocycles. The van der Waals surface area contributed by atoms with E-state index in [1.807, 2.05) is 0 Å². The summed E-state index contributed by atoms with van der Waals surface area (Å²) < 4.78 is 16.0. The molecular formula is C22H30N2O8. The highest BCUT2D eigenvalue weighted by Crippen LogP contribution is 2.22. The summed E-state index contributed by atoms with van der Waals surface area (Å²) in [5.41, 5.74) is -0.350. The minimum absolute atomic E-state index is 0.0859. The van der Waals surface area contributed by atoms with E-state index < -0.39 is 34.6 Å². The van der Waals surface area contributed by atoms with Crippen molar-refractivity contribution in [1.29, 1.82) is 0 Å². The summed E-state index contributed by atoms with van der Waals surface area (Å²) in [7, 11) is 1.36. The second-order valence-corrected chi connectivity index (χ2v) is 8.74. The normalized spacial score (nSPS) is 15.0. The Morgan fingerprint density at radius 1 is 1.16 bits per heavy atom. The Hall–Kier alpha value is -3.17. The molecule has 0 saturated heterocycles. The van der Waals surface area contributed by atoms with E-state index in [0.717, 1.165) is 30.6 Å². The van der Waals surface area contributed by atoms with Crippen molar-refractivity contribution in [2.75, 3.05) is 7.05 Å². The number of rotatable bonds is 8.